The third kappa shape index (κ3) is 2.96. The maximum absolute atomic E-state index is 10.0. The average Bonchev–Trinajstić information content (AvgIpc) is 2.65. The van der Waals surface area contributed by atoms with Crippen LogP contribution in [0.15, 0.2) is 0 Å². The van der Waals surface area contributed by atoms with Crippen molar-refractivity contribution in [3.8, 4) is 0 Å². The van der Waals surface area contributed by atoms with Crippen LogP contribution in [0.4, 0.5) is 0 Å². The molecule has 2 heteroatoms. The average molecular weight is 186 g/mol. The number of hydrogen-bond donors (Lipinski definition) is 1. The topological polar surface area (TPSA) is 29.5 Å². The van der Waals surface area contributed by atoms with Crippen molar-refractivity contribution in [2.24, 2.45) is 5.92 Å². The van der Waals surface area contributed by atoms with Gasteiger partial charge in [-0.2, -0.15) is 0 Å². The molecular weight excluding hydrogens is 164 g/mol. The van der Waals surface area contributed by atoms with Gasteiger partial charge in [0.2, 0.25) is 0 Å². The Morgan fingerprint density at radius 2 is 2.23 bits per heavy atom. The zero-order valence-electron chi connectivity index (χ0n) is 8.83. The van der Waals surface area contributed by atoms with E-state index < -0.39 is 0 Å². The number of hydrogen-bond acceptors (Lipinski definition) is 2. The van der Waals surface area contributed by atoms with E-state index in [1.807, 2.05) is 0 Å². The van der Waals surface area contributed by atoms with E-state index in [2.05, 4.69) is 13.8 Å². The molecule has 0 aromatic heterocycles. The molecule has 3 unspecified atom stereocenters. The fourth-order valence-corrected chi connectivity index (χ4v) is 2.16. The van der Waals surface area contributed by atoms with Gasteiger partial charge in [-0.1, -0.05) is 26.7 Å². The predicted molar refractivity (Wildman–Crippen MR) is 53.7 cm³/mol. The van der Waals surface area contributed by atoms with Crippen LogP contribution in [0.1, 0.15) is 46.0 Å². The van der Waals surface area contributed by atoms with Gasteiger partial charge in [0.1, 0.15) is 0 Å². The van der Waals surface area contributed by atoms with Crippen LogP contribution >= 0.6 is 0 Å². The van der Waals surface area contributed by atoms with Crippen LogP contribution in [-0.2, 0) is 4.74 Å². The van der Waals surface area contributed by atoms with Crippen LogP contribution in [0, 0.1) is 5.92 Å². The molecule has 1 aliphatic heterocycles. The monoisotopic (exact) mass is 186 g/mol. The van der Waals surface area contributed by atoms with E-state index in [9.17, 15) is 5.11 Å². The van der Waals surface area contributed by atoms with Gasteiger partial charge in [-0.25, -0.2) is 0 Å². The van der Waals surface area contributed by atoms with Crippen molar-refractivity contribution in [3.05, 3.63) is 0 Å². The Morgan fingerprint density at radius 1 is 1.46 bits per heavy atom. The number of aliphatic hydroxyl groups is 1. The van der Waals surface area contributed by atoms with Crippen molar-refractivity contribution in [2.45, 2.75) is 58.2 Å². The standard InChI is InChI=1S/C11H22O2/c1-3-6-9(4-2)11(12)10-7-5-8-13-10/h9-12H,3-8H2,1-2H3. The second-order valence-corrected chi connectivity index (χ2v) is 4.00. The lowest BCUT2D eigenvalue weighted by atomic mass is 9.90. The predicted octanol–water partition coefficient (Wildman–Crippen LogP) is 2.35. The van der Waals surface area contributed by atoms with Gasteiger partial charge in [0, 0.05) is 6.61 Å². The van der Waals surface area contributed by atoms with Crippen molar-refractivity contribution < 1.29 is 9.84 Å². The molecule has 1 saturated heterocycles. The Hall–Kier alpha value is -0.0800. The Morgan fingerprint density at radius 3 is 2.69 bits per heavy atom. The van der Waals surface area contributed by atoms with Crippen LogP contribution in [0.25, 0.3) is 0 Å². The molecule has 0 amide bonds. The third-order valence-electron chi connectivity index (χ3n) is 3.01. The van der Waals surface area contributed by atoms with Gasteiger partial charge >= 0.3 is 0 Å². The smallest absolute Gasteiger partial charge is 0.0837 e. The van der Waals surface area contributed by atoms with Gasteiger partial charge in [-0.15, -0.1) is 0 Å². The largest absolute Gasteiger partial charge is 0.390 e. The summed E-state index contributed by atoms with van der Waals surface area (Å²) in [5.41, 5.74) is 0. The zero-order valence-corrected chi connectivity index (χ0v) is 8.83. The highest BCUT2D eigenvalue weighted by molar-refractivity contribution is 4.79. The maximum Gasteiger partial charge on any atom is 0.0837 e. The van der Waals surface area contributed by atoms with Gasteiger partial charge in [0.15, 0.2) is 0 Å². The van der Waals surface area contributed by atoms with Crippen molar-refractivity contribution in [1.29, 1.82) is 0 Å². The summed E-state index contributed by atoms with van der Waals surface area (Å²) in [6, 6.07) is 0. The molecule has 1 aliphatic rings. The summed E-state index contributed by atoms with van der Waals surface area (Å²) in [6.07, 6.45) is 5.39. The highest BCUT2D eigenvalue weighted by atomic mass is 16.5. The van der Waals surface area contributed by atoms with E-state index in [-0.39, 0.29) is 12.2 Å². The minimum Gasteiger partial charge on any atom is -0.390 e. The lowest BCUT2D eigenvalue weighted by Crippen LogP contribution is -2.32. The molecule has 0 bridgehead atoms. The molecule has 0 aromatic carbocycles. The molecule has 1 rings (SSSR count). The SMILES string of the molecule is CCCC(CC)C(O)C1CCCO1. The van der Waals surface area contributed by atoms with Crippen molar-refractivity contribution in [1.82, 2.24) is 0 Å². The molecular formula is C11H22O2. The summed E-state index contributed by atoms with van der Waals surface area (Å²) in [5, 5.41) is 10.0. The van der Waals surface area contributed by atoms with Crippen molar-refractivity contribution in [3.63, 3.8) is 0 Å². The molecule has 0 saturated carbocycles. The van der Waals surface area contributed by atoms with Gasteiger partial charge in [-0.3, -0.25) is 0 Å². The summed E-state index contributed by atoms with van der Waals surface area (Å²) in [5.74, 6) is 0.438. The fraction of sp³-hybridized carbons (Fsp3) is 1.00. The van der Waals surface area contributed by atoms with Crippen LogP contribution in [-0.4, -0.2) is 23.9 Å². The second-order valence-electron chi connectivity index (χ2n) is 4.00. The molecule has 2 nitrogen and oxygen atoms in total. The summed E-state index contributed by atoms with van der Waals surface area (Å²) in [6.45, 7) is 5.16. The van der Waals surface area contributed by atoms with E-state index in [0.717, 1.165) is 38.7 Å². The van der Waals surface area contributed by atoms with Crippen LogP contribution in [0.5, 0.6) is 0 Å². The first-order valence-corrected chi connectivity index (χ1v) is 5.59. The Bertz CT molecular complexity index is 130. The molecule has 13 heavy (non-hydrogen) atoms. The van der Waals surface area contributed by atoms with Gasteiger partial charge in [-0.05, 0) is 25.2 Å². The molecule has 78 valence electrons. The first-order chi connectivity index (χ1) is 6.29. The highest BCUT2D eigenvalue weighted by Crippen LogP contribution is 2.25. The number of aliphatic hydroxyl groups excluding tert-OH is 1. The maximum atomic E-state index is 10.0. The van der Waals surface area contributed by atoms with Gasteiger partial charge in [0.05, 0.1) is 12.2 Å². The van der Waals surface area contributed by atoms with E-state index in [1.165, 1.54) is 0 Å². The number of ether oxygens (including phenoxy) is 1. The highest BCUT2D eigenvalue weighted by Gasteiger charge is 2.29. The van der Waals surface area contributed by atoms with Crippen molar-refractivity contribution >= 4 is 0 Å². The normalized spacial score (nSPS) is 27.5. The van der Waals surface area contributed by atoms with E-state index in [0.29, 0.717) is 5.92 Å². The second kappa shape index (κ2) is 5.61. The van der Waals surface area contributed by atoms with Gasteiger partial charge < -0.3 is 9.84 Å². The summed E-state index contributed by atoms with van der Waals surface area (Å²) in [7, 11) is 0. The lowest BCUT2D eigenvalue weighted by Gasteiger charge is -2.25. The van der Waals surface area contributed by atoms with E-state index >= 15 is 0 Å². The first kappa shape index (κ1) is 11.0. The molecule has 0 aliphatic carbocycles. The third-order valence-corrected chi connectivity index (χ3v) is 3.01. The quantitative estimate of drug-likeness (QED) is 0.714. The van der Waals surface area contributed by atoms with E-state index in [4.69, 9.17) is 4.74 Å². The molecule has 0 aromatic rings. The Labute approximate surface area is 81.3 Å². The summed E-state index contributed by atoms with van der Waals surface area (Å²) in [4.78, 5) is 0. The number of rotatable bonds is 5. The Kier molecular flexibility index (Phi) is 4.74. The minimum absolute atomic E-state index is 0.122. The molecule has 3 atom stereocenters. The van der Waals surface area contributed by atoms with Gasteiger partial charge in [0.25, 0.3) is 0 Å². The molecule has 0 radical (unpaired) electrons. The fourth-order valence-electron chi connectivity index (χ4n) is 2.16. The van der Waals surface area contributed by atoms with Crippen LogP contribution < -0.4 is 0 Å². The van der Waals surface area contributed by atoms with Crippen LogP contribution in [0.2, 0.25) is 0 Å². The molecule has 1 N–H and O–H groups in total. The lowest BCUT2D eigenvalue weighted by molar-refractivity contribution is -0.0350. The molecule has 0 spiro atoms. The van der Waals surface area contributed by atoms with E-state index in [1.54, 1.807) is 0 Å². The Balaban J connectivity index is 2.37. The minimum atomic E-state index is -0.229. The summed E-state index contributed by atoms with van der Waals surface area (Å²) >= 11 is 0. The van der Waals surface area contributed by atoms with Crippen molar-refractivity contribution in [2.75, 3.05) is 6.61 Å². The molecule has 1 fully saturated rings. The van der Waals surface area contributed by atoms with Crippen LogP contribution in [0.3, 0.4) is 0 Å². The first-order valence-electron chi connectivity index (χ1n) is 5.59. The zero-order chi connectivity index (χ0) is 9.68. The summed E-state index contributed by atoms with van der Waals surface area (Å²) < 4.78 is 5.49. The molecule has 1 heterocycles.